The SMILES string of the molecule is CC(C)(Cl)CP(=O)(C#N)C#N. The molecule has 0 aliphatic heterocycles. The van der Waals surface area contributed by atoms with Crippen molar-refractivity contribution in [2.45, 2.75) is 18.7 Å². The first kappa shape index (κ1) is 10.5. The largest absolute Gasteiger partial charge is 0.292 e. The molecule has 0 aromatic carbocycles. The van der Waals surface area contributed by atoms with Gasteiger partial charge in [-0.2, -0.15) is 10.5 Å². The maximum atomic E-state index is 11.2. The van der Waals surface area contributed by atoms with E-state index in [9.17, 15) is 4.57 Å². The van der Waals surface area contributed by atoms with Crippen molar-refractivity contribution < 1.29 is 4.57 Å². The summed E-state index contributed by atoms with van der Waals surface area (Å²) in [6.07, 6.45) is -0.0610. The van der Waals surface area contributed by atoms with Gasteiger partial charge in [0, 0.05) is 11.0 Å². The number of nitrogens with zero attached hydrogens (tertiary/aromatic N) is 2. The van der Waals surface area contributed by atoms with Gasteiger partial charge in [0.25, 0.3) is 7.14 Å². The lowest BCUT2D eigenvalue weighted by Gasteiger charge is -2.14. The molecule has 0 radical (unpaired) electrons. The minimum Gasteiger partial charge on any atom is -0.292 e. The third-order valence-electron chi connectivity index (χ3n) is 0.922. The highest BCUT2D eigenvalue weighted by molar-refractivity contribution is 7.73. The summed E-state index contributed by atoms with van der Waals surface area (Å²) >= 11 is 5.70. The van der Waals surface area contributed by atoms with E-state index in [1.165, 1.54) is 11.6 Å². The van der Waals surface area contributed by atoms with Gasteiger partial charge in [0.1, 0.15) is 11.6 Å². The zero-order valence-electron chi connectivity index (χ0n) is 6.33. The number of nitriles is 2. The Morgan fingerprint density at radius 3 is 1.91 bits per heavy atom. The van der Waals surface area contributed by atoms with Gasteiger partial charge in [-0.05, 0) is 13.8 Å². The Labute approximate surface area is 70.9 Å². The van der Waals surface area contributed by atoms with Crippen LogP contribution < -0.4 is 0 Å². The fourth-order valence-electron chi connectivity index (χ4n) is 0.623. The van der Waals surface area contributed by atoms with Crippen LogP contribution in [0.1, 0.15) is 13.8 Å². The molecule has 0 amide bonds. The van der Waals surface area contributed by atoms with Crippen LogP contribution in [0.5, 0.6) is 0 Å². The van der Waals surface area contributed by atoms with E-state index >= 15 is 0 Å². The molecule has 0 rings (SSSR count). The minimum atomic E-state index is -3.32. The van der Waals surface area contributed by atoms with Gasteiger partial charge in [-0.1, -0.05) is 0 Å². The number of rotatable bonds is 2. The fourth-order valence-corrected chi connectivity index (χ4v) is 2.37. The van der Waals surface area contributed by atoms with Gasteiger partial charge in [-0.25, -0.2) is 0 Å². The highest BCUT2D eigenvalue weighted by Crippen LogP contribution is 2.46. The van der Waals surface area contributed by atoms with Crippen molar-refractivity contribution in [3.8, 4) is 11.6 Å². The van der Waals surface area contributed by atoms with Crippen LogP contribution in [0.4, 0.5) is 0 Å². The quantitative estimate of drug-likeness (QED) is 0.496. The van der Waals surface area contributed by atoms with E-state index in [4.69, 9.17) is 22.1 Å². The molecule has 0 atom stereocenters. The average Bonchev–Trinajstić information content (AvgIpc) is 1.84. The van der Waals surface area contributed by atoms with Crippen LogP contribution >= 0.6 is 18.7 Å². The minimum absolute atomic E-state index is 0.0610. The standard InChI is InChI=1S/C6H8ClN2OP/c1-6(2,7)3-11(10,4-8)5-9/h3H2,1-2H3. The zero-order chi connectivity index (χ0) is 9.12. The Kier molecular flexibility index (Phi) is 3.12. The van der Waals surface area contributed by atoms with E-state index in [2.05, 4.69) is 0 Å². The molecule has 0 saturated heterocycles. The number of hydrogen-bond donors (Lipinski definition) is 0. The molecule has 5 heteroatoms. The molecule has 0 aliphatic rings. The molecular formula is C6H8ClN2OP. The number of halogens is 1. The smallest absolute Gasteiger partial charge is 0.275 e. The van der Waals surface area contributed by atoms with Crippen LogP contribution in [0.3, 0.4) is 0 Å². The van der Waals surface area contributed by atoms with Gasteiger partial charge in [-0.3, -0.25) is 4.57 Å². The summed E-state index contributed by atoms with van der Waals surface area (Å²) in [5, 5.41) is 16.7. The lowest BCUT2D eigenvalue weighted by Crippen LogP contribution is -2.15. The summed E-state index contributed by atoms with van der Waals surface area (Å²) in [4.78, 5) is -0.749. The second-order valence-electron chi connectivity index (χ2n) is 2.82. The molecule has 0 fully saturated rings. The van der Waals surface area contributed by atoms with E-state index in [0.29, 0.717) is 0 Å². The molecule has 0 aliphatic carbocycles. The second kappa shape index (κ2) is 3.26. The molecule has 0 aromatic heterocycles. The van der Waals surface area contributed by atoms with E-state index in [-0.39, 0.29) is 6.16 Å². The first-order valence-corrected chi connectivity index (χ1v) is 5.21. The lowest BCUT2D eigenvalue weighted by atomic mass is 10.3. The Balaban J connectivity index is 4.54. The summed E-state index contributed by atoms with van der Waals surface area (Å²) in [6.45, 7) is 3.24. The van der Waals surface area contributed by atoms with Crippen molar-refractivity contribution in [3.05, 3.63) is 0 Å². The predicted molar refractivity (Wildman–Crippen MR) is 43.6 cm³/mol. The third kappa shape index (κ3) is 4.04. The molecule has 0 heterocycles. The molecule has 0 saturated carbocycles. The molecule has 3 nitrogen and oxygen atoms in total. The van der Waals surface area contributed by atoms with Crippen LogP contribution in [-0.4, -0.2) is 11.0 Å². The molecule has 11 heavy (non-hydrogen) atoms. The van der Waals surface area contributed by atoms with E-state index in [1.807, 2.05) is 0 Å². The third-order valence-corrected chi connectivity index (χ3v) is 3.12. The van der Waals surface area contributed by atoms with Crippen LogP contribution in [0.2, 0.25) is 0 Å². The van der Waals surface area contributed by atoms with Crippen LogP contribution in [0.15, 0.2) is 0 Å². The summed E-state index contributed by atoms with van der Waals surface area (Å²) in [6, 6.07) is 0. The van der Waals surface area contributed by atoms with Crippen molar-refractivity contribution in [2.24, 2.45) is 0 Å². The highest BCUT2D eigenvalue weighted by Gasteiger charge is 2.29. The molecule has 60 valence electrons. The van der Waals surface area contributed by atoms with E-state index in [1.54, 1.807) is 13.8 Å². The summed E-state index contributed by atoms with van der Waals surface area (Å²) in [5.74, 6) is 2.99. The summed E-state index contributed by atoms with van der Waals surface area (Å²) in [5.41, 5.74) is 0. The first-order chi connectivity index (χ1) is 4.83. The van der Waals surface area contributed by atoms with E-state index in [0.717, 1.165) is 0 Å². The molecule has 0 aromatic rings. The fraction of sp³-hybridized carbons (Fsp3) is 0.667. The first-order valence-electron chi connectivity index (χ1n) is 2.94. The molecule has 0 bridgehead atoms. The van der Waals surface area contributed by atoms with Crippen molar-refractivity contribution in [3.63, 3.8) is 0 Å². The highest BCUT2D eigenvalue weighted by atomic mass is 35.5. The Morgan fingerprint density at radius 2 is 1.82 bits per heavy atom. The van der Waals surface area contributed by atoms with Crippen molar-refractivity contribution in [1.82, 2.24) is 0 Å². The summed E-state index contributed by atoms with van der Waals surface area (Å²) in [7, 11) is -3.32. The molecular weight excluding hydrogens is 183 g/mol. The Hall–Kier alpha value is -0.500. The number of alkyl halides is 1. The van der Waals surface area contributed by atoms with Gasteiger partial charge in [0.2, 0.25) is 0 Å². The van der Waals surface area contributed by atoms with Crippen LogP contribution in [0, 0.1) is 22.1 Å². The average molecular weight is 191 g/mol. The summed E-state index contributed by atoms with van der Waals surface area (Å²) < 4.78 is 11.2. The van der Waals surface area contributed by atoms with Crippen molar-refractivity contribution in [2.75, 3.05) is 6.16 Å². The molecule has 0 N–H and O–H groups in total. The van der Waals surface area contributed by atoms with Gasteiger partial charge in [0.15, 0.2) is 0 Å². The van der Waals surface area contributed by atoms with Crippen molar-refractivity contribution >= 4 is 18.7 Å². The van der Waals surface area contributed by atoms with Crippen LogP contribution in [-0.2, 0) is 4.57 Å². The predicted octanol–water partition coefficient (Wildman–Crippen LogP) is 2.33. The maximum Gasteiger partial charge on any atom is 0.275 e. The van der Waals surface area contributed by atoms with E-state index < -0.39 is 12.0 Å². The van der Waals surface area contributed by atoms with Gasteiger partial charge < -0.3 is 0 Å². The van der Waals surface area contributed by atoms with Gasteiger partial charge >= 0.3 is 0 Å². The molecule has 0 spiro atoms. The van der Waals surface area contributed by atoms with Crippen LogP contribution in [0.25, 0.3) is 0 Å². The van der Waals surface area contributed by atoms with Gasteiger partial charge in [0.05, 0.1) is 0 Å². The normalized spacial score (nSPS) is 11.7. The monoisotopic (exact) mass is 190 g/mol. The Morgan fingerprint density at radius 1 is 1.45 bits per heavy atom. The maximum absolute atomic E-state index is 11.2. The zero-order valence-corrected chi connectivity index (χ0v) is 7.99. The Bertz CT molecular complexity index is 250. The van der Waals surface area contributed by atoms with Gasteiger partial charge in [-0.15, -0.1) is 11.6 Å². The second-order valence-corrected chi connectivity index (χ2v) is 6.04. The topological polar surface area (TPSA) is 64.7 Å². The molecule has 0 unspecified atom stereocenters. The lowest BCUT2D eigenvalue weighted by molar-refractivity contribution is 0.582. The van der Waals surface area contributed by atoms with Crippen molar-refractivity contribution in [1.29, 1.82) is 10.5 Å². The number of hydrogen-bond acceptors (Lipinski definition) is 3.